The average molecular weight is 168 g/mol. The summed E-state index contributed by atoms with van der Waals surface area (Å²) >= 11 is 0. The molecule has 1 saturated carbocycles. The highest BCUT2D eigenvalue weighted by molar-refractivity contribution is 4.92. The second kappa shape index (κ2) is 3.81. The van der Waals surface area contributed by atoms with Crippen molar-refractivity contribution in [2.24, 2.45) is 17.3 Å². The van der Waals surface area contributed by atoms with Crippen molar-refractivity contribution in [3.05, 3.63) is 0 Å². The van der Waals surface area contributed by atoms with E-state index in [-0.39, 0.29) is 0 Å². The first-order chi connectivity index (χ1) is 5.62. The van der Waals surface area contributed by atoms with E-state index in [0.717, 1.165) is 17.3 Å². The monoisotopic (exact) mass is 168 g/mol. The van der Waals surface area contributed by atoms with Crippen LogP contribution < -0.4 is 0 Å². The van der Waals surface area contributed by atoms with E-state index in [9.17, 15) is 0 Å². The first-order valence-corrected chi connectivity index (χ1v) is 5.62. The molecular formula is C12H24. The van der Waals surface area contributed by atoms with E-state index >= 15 is 0 Å². The SMILES string of the molecule is CCCC1(C(C)C(C)C)CCC1. The summed E-state index contributed by atoms with van der Waals surface area (Å²) in [6.45, 7) is 9.54. The van der Waals surface area contributed by atoms with E-state index in [2.05, 4.69) is 27.7 Å². The van der Waals surface area contributed by atoms with Crippen molar-refractivity contribution in [3.8, 4) is 0 Å². The van der Waals surface area contributed by atoms with Crippen LogP contribution in [-0.2, 0) is 0 Å². The molecular weight excluding hydrogens is 144 g/mol. The lowest BCUT2D eigenvalue weighted by molar-refractivity contribution is 0.0218. The van der Waals surface area contributed by atoms with E-state index < -0.39 is 0 Å². The normalized spacial score (nSPS) is 23.8. The highest BCUT2D eigenvalue weighted by Crippen LogP contribution is 2.52. The summed E-state index contributed by atoms with van der Waals surface area (Å²) in [5.74, 6) is 1.81. The topological polar surface area (TPSA) is 0 Å². The molecule has 12 heavy (non-hydrogen) atoms. The smallest absolute Gasteiger partial charge is 0.0269 e. The Morgan fingerprint density at radius 3 is 2.00 bits per heavy atom. The van der Waals surface area contributed by atoms with Gasteiger partial charge in [0.1, 0.15) is 0 Å². The van der Waals surface area contributed by atoms with Crippen LogP contribution >= 0.6 is 0 Å². The Morgan fingerprint density at radius 1 is 1.17 bits per heavy atom. The van der Waals surface area contributed by atoms with Crippen molar-refractivity contribution < 1.29 is 0 Å². The summed E-state index contributed by atoms with van der Waals surface area (Å²) in [6, 6.07) is 0. The highest BCUT2D eigenvalue weighted by Gasteiger charge is 2.41. The highest BCUT2D eigenvalue weighted by atomic mass is 14.5. The van der Waals surface area contributed by atoms with Gasteiger partial charge in [0.25, 0.3) is 0 Å². The summed E-state index contributed by atoms with van der Waals surface area (Å²) < 4.78 is 0. The molecule has 0 nitrogen and oxygen atoms in total. The average Bonchev–Trinajstić information content (AvgIpc) is 1.95. The Balaban J connectivity index is 2.53. The molecule has 1 fully saturated rings. The van der Waals surface area contributed by atoms with Gasteiger partial charge in [-0.1, -0.05) is 40.5 Å². The van der Waals surface area contributed by atoms with Gasteiger partial charge < -0.3 is 0 Å². The Bertz CT molecular complexity index is 131. The Kier molecular flexibility index (Phi) is 3.20. The zero-order valence-corrected chi connectivity index (χ0v) is 9.19. The maximum Gasteiger partial charge on any atom is -0.0269 e. The quantitative estimate of drug-likeness (QED) is 0.588. The molecule has 0 aromatic carbocycles. The van der Waals surface area contributed by atoms with Gasteiger partial charge in [-0.2, -0.15) is 0 Å². The molecule has 0 heterocycles. The maximum atomic E-state index is 2.46. The van der Waals surface area contributed by atoms with Crippen molar-refractivity contribution in [3.63, 3.8) is 0 Å². The van der Waals surface area contributed by atoms with Crippen LogP contribution in [0.3, 0.4) is 0 Å². The standard InChI is InChI=1S/C12H24/c1-5-7-12(8-6-9-12)11(4)10(2)3/h10-11H,5-9H2,1-4H3. The molecule has 0 radical (unpaired) electrons. The van der Waals surface area contributed by atoms with Gasteiger partial charge in [-0.15, -0.1) is 0 Å². The lowest BCUT2D eigenvalue weighted by Gasteiger charge is -2.48. The molecule has 1 atom stereocenters. The van der Waals surface area contributed by atoms with Gasteiger partial charge in [-0.25, -0.2) is 0 Å². The summed E-state index contributed by atoms with van der Waals surface area (Å²) in [5.41, 5.74) is 0.753. The predicted octanol–water partition coefficient (Wildman–Crippen LogP) is 4.25. The van der Waals surface area contributed by atoms with Crippen LogP contribution in [0.1, 0.15) is 59.8 Å². The zero-order valence-electron chi connectivity index (χ0n) is 9.19. The summed E-state index contributed by atoms with van der Waals surface area (Å²) in [5, 5.41) is 0. The van der Waals surface area contributed by atoms with Crippen LogP contribution in [0, 0.1) is 17.3 Å². The molecule has 0 heteroatoms. The Morgan fingerprint density at radius 2 is 1.75 bits per heavy atom. The van der Waals surface area contributed by atoms with Gasteiger partial charge in [0.05, 0.1) is 0 Å². The molecule has 1 rings (SSSR count). The molecule has 0 bridgehead atoms. The fourth-order valence-electron chi connectivity index (χ4n) is 2.77. The van der Waals surface area contributed by atoms with E-state index in [1.54, 1.807) is 0 Å². The van der Waals surface area contributed by atoms with Crippen molar-refractivity contribution in [1.29, 1.82) is 0 Å². The lowest BCUT2D eigenvalue weighted by atomic mass is 9.57. The second-order valence-electron chi connectivity index (χ2n) is 5.00. The third-order valence-corrected chi connectivity index (χ3v) is 4.06. The van der Waals surface area contributed by atoms with Crippen molar-refractivity contribution in [2.75, 3.05) is 0 Å². The molecule has 72 valence electrons. The molecule has 0 amide bonds. The zero-order chi connectivity index (χ0) is 9.19. The van der Waals surface area contributed by atoms with Crippen LogP contribution in [-0.4, -0.2) is 0 Å². The minimum atomic E-state index is 0.753. The molecule has 0 aromatic heterocycles. The molecule has 0 N–H and O–H groups in total. The molecule has 1 unspecified atom stereocenters. The maximum absolute atomic E-state index is 2.46. The fraction of sp³-hybridized carbons (Fsp3) is 1.00. The molecule has 0 spiro atoms. The fourth-order valence-corrected chi connectivity index (χ4v) is 2.77. The third-order valence-electron chi connectivity index (χ3n) is 4.06. The Hall–Kier alpha value is 0. The van der Waals surface area contributed by atoms with E-state index in [0.29, 0.717) is 0 Å². The largest absolute Gasteiger partial charge is 0.0654 e. The molecule has 0 aliphatic heterocycles. The summed E-state index contributed by atoms with van der Waals surface area (Å²) in [7, 11) is 0. The van der Waals surface area contributed by atoms with Crippen LogP contribution in [0.2, 0.25) is 0 Å². The lowest BCUT2D eigenvalue weighted by Crippen LogP contribution is -2.38. The van der Waals surface area contributed by atoms with Crippen LogP contribution in [0.5, 0.6) is 0 Å². The van der Waals surface area contributed by atoms with E-state index in [1.165, 1.54) is 32.1 Å². The molecule has 1 aliphatic carbocycles. The van der Waals surface area contributed by atoms with Crippen LogP contribution in [0.4, 0.5) is 0 Å². The van der Waals surface area contributed by atoms with Gasteiger partial charge in [0, 0.05) is 0 Å². The van der Waals surface area contributed by atoms with Gasteiger partial charge in [0.15, 0.2) is 0 Å². The summed E-state index contributed by atoms with van der Waals surface area (Å²) in [6.07, 6.45) is 7.32. The molecule has 0 saturated heterocycles. The van der Waals surface area contributed by atoms with Gasteiger partial charge in [-0.3, -0.25) is 0 Å². The molecule has 0 aromatic rings. The predicted molar refractivity (Wildman–Crippen MR) is 55.2 cm³/mol. The summed E-state index contributed by atoms with van der Waals surface area (Å²) in [4.78, 5) is 0. The van der Waals surface area contributed by atoms with Crippen molar-refractivity contribution in [2.45, 2.75) is 59.8 Å². The first kappa shape index (κ1) is 10.1. The van der Waals surface area contributed by atoms with Gasteiger partial charge in [0.2, 0.25) is 0 Å². The van der Waals surface area contributed by atoms with Gasteiger partial charge in [-0.05, 0) is 36.5 Å². The van der Waals surface area contributed by atoms with E-state index in [4.69, 9.17) is 0 Å². The number of hydrogen-bond acceptors (Lipinski definition) is 0. The van der Waals surface area contributed by atoms with E-state index in [1.807, 2.05) is 0 Å². The number of rotatable bonds is 4. The third kappa shape index (κ3) is 1.67. The van der Waals surface area contributed by atoms with Crippen molar-refractivity contribution >= 4 is 0 Å². The minimum Gasteiger partial charge on any atom is -0.0654 e. The molecule has 1 aliphatic rings. The first-order valence-electron chi connectivity index (χ1n) is 5.62. The Labute approximate surface area is 77.7 Å². The number of hydrogen-bond donors (Lipinski definition) is 0. The second-order valence-corrected chi connectivity index (χ2v) is 5.00. The van der Waals surface area contributed by atoms with Crippen LogP contribution in [0.25, 0.3) is 0 Å². The van der Waals surface area contributed by atoms with Crippen LogP contribution in [0.15, 0.2) is 0 Å². The minimum absolute atomic E-state index is 0.753. The van der Waals surface area contributed by atoms with Crippen molar-refractivity contribution in [1.82, 2.24) is 0 Å². The van der Waals surface area contributed by atoms with Gasteiger partial charge >= 0.3 is 0 Å².